The third kappa shape index (κ3) is 8.83. The van der Waals surface area contributed by atoms with Crippen molar-refractivity contribution in [1.29, 1.82) is 0 Å². The van der Waals surface area contributed by atoms with Gasteiger partial charge in [-0.2, -0.15) is 0 Å². The zero-order chi connectivity index (χ0) is 29.7. The molecule has 0 bridgehead atoms. The monoisotopic (exact) mass is 587 g/mol. The van der Waals surface area contributed by atoms with Gasteiger partial charge in [-0.3, -0.25) is 19.7 Å². The lowest BCUT2D eigenvalue weighted by atomic mass is 9.94. The van der Waals surface area contributed by atoms with Crippen molar-refractivity contribution in [2.75, 3.05) is 38.5 Å². The van der Waals surface area contributed by atoms with Crippen molar-refractivity contribution in [2.45, 2.75) is 32.0 Å². The molecule has 1 unspecified atom stereocenters. The first-order valence-corrected chi connectivity index (χ1v) is 14.0. The molecule has 0 saturated carbocycles. The summed E-state index contributed by atoms with van der Waals surface area (Å²) in [6, 6.07) is 10.0. The second-order valence-corrected chi connectivity index (χ2v) is 12.4. The van der Waals surface area contributed by atoms with Gasteiger partial charge in [0.05, 0.1) is 16.6 Å². The molecule has 0 spiro atoms. The number of nitrogens with one attached hydrogen (secondary N) is 1. The van der Waals surface area contributed by atoms with Crippen LogP contribution >= 0.6 is 0 Å². The van der Waals surface area contributed by atoms with Crippen LogP contribution in [0.4, 0.5) is 13.2 Å². The number of nitrogens with zero attached hydrogens (tertiary/aromatic N) is 2. The van der Waals surface area contributed by atoms with Crippen molar-refractivity contribution < 1.29 is 45.9 Å². The number of benzene rings is 2. The summed E-state index contributed by atoms with van der Waals surface area (Å²) in [6.07, 6.45) is -4.82. The van der Waals surface area contributed by atoms with E-state index in [1.54, 1.807) is 10.4 Å². The average Bonchev–Trinajstić information content (AvgIpc) is 2.88. The highest BCUT2D eigenvalue weighted by Crippen LogP contribution is 2.28. The van der Waals surface area contributed by atoms with Crippen LogP contribution in [0.15, 0.2) is 53.4 Å². The topological polar surface area (TPSA) is 125 Å². The lowest BCUT2D eigenvalue weighted by molar-refractivity contribution is -0.274. The van der Waals surface area contributed by atoms with Gasteiger partial charge in [0.1, 0.15) is 17.2 Å². The number of rotatable bonds is 9. The number of halogens is 3. The predicted octanol–water partition coefficient (Wildman–Crippen LogP) is 3.46. The van der Waals surface area contributed by atoms with E-state index in [4.69, 9.17) is 4.74 Å². The second-order valence-electron chi connectivity index (χ2n) is 10.4. The van der Waals surface area contributed by atoms with Crippen LogP contribution < -0.4 is 15.0 Å². The molecule has 2 N–H and O–H groups in total. The average molecular weight is 588 g/mol. The van der Waals surface area contributed by atoms with Crippen molar-refractivity contribution in [2.24, 2.45) is 11.3 Å². The SMILES string of the molecule is CC(C)(C)C(=O)N1CCN(CC(CS(=O)(=O)c2ccc(Oc3ccc(OC(F)(F)F)cc3)cc2)C(=O)NO)CC1. The number of hydrogen-bond donors (Lipinski definition) is 2. The highest BCUT2D eigenvalue weighted by atomic mass is 32.2. The lowest BCUT2D eigenvalue weighted by Crippen LogP contribution is -2.53. The largest absolute Gasteiger partial charge is 0.573 e. The molecular formula is C26H32F3N3O7S. The summed E-state index contributed by atoms with van der Waals surface area (Å²) >= 11 is 0. The van der Waals surface area contributed by atoms with Gasteiger partial charge in [-0.25, -0.2) is 13.9 Å². The molecule has 40 heavy (non-hydrogen) atoms. The molecule has 1 atom stereocenters. The van der Waals surface area contributed by atoms with Crippen LogP contribution in [0.2, 0.25) is 0 Å². The van der Waals surface area contributed by atoms with Gasteiger partial charge in [-0.05, 0) is 48.5 Å². The van der Waals surface area contributed by atoms with E-state index in [1.165, 1.54) is 36.4 Å². The molecule has 0 aliphatic carbocycles. The van der Waals surface area contributed by atoms with E-state index < -0.39 is 44.9 Å². The predicted molar refractivity (Wildman–Crippen MR) is 138 cm³/mol. The fourth-order valence-electron chi connectivity index (χ4n) is 4.14. The van der Waals surface area contributed by atoms with E-state index >= 15 is 0 Å². The summed E-state index contributed by atoms with van der Waals surface area (Å²) in [7, 11) is -3.96. The van der Waals surface area contributed by atoms with Gasteiger partial charge >= 0.3 is 6.36 Å². The smallest absolute Gasteiger partial charge is 0.457 e. The Labute approximate surface area is 230 Å². The van der Waals surface area contributed by atoms with E-state index in [1.807, 2.05) is 25.7 Å². The molecule has 2 amide bonds. The Balaban J connectivity index is 1.62. The van der Waals surface area contributed by atoms with E-state index in [0.29, 0.717) is 26.2 Å². The first-order valence-electron chi connectivity index (χ1n) is 12.4. The molecule has 0 radical (unpaired) electrons. The maximum Gasteiger partial charge on any atom is 0.573 e. The summed E-state index contributed by atoms with van der Waals surface area (Å²) in [5, 5.41) is 9.21. The highest BCUT2D eigenvalue weighted by Gasteiger charge is 2.33. The third-order valence-corrected chi connectivity index (χ3v) is 7.99. The molecule has 1 aliphatic rings. The summed E-state index contributed by atoms with van der Waals surface area (Å²) in [5.74, 6) is -2.45. The van der Waals surface area contributed by atoms with E-state index in [0.717, 1.165) is 12.1 Å². The molecule has 10 nitrogen and oxygen atoms in total. The van der Waals surface area contributed by atoms with Crippen LogP contribution in [0.3, 0.4) is 0 Å². The van der Waals surface area contributed by atoms with Crippen molar-refractivity contribution >= 4 is 21.7 Å². The molecule has 1 saturated heterocycles. The number of sulfone groups is 1. The summed E-state index contributed by atoms with van der Waals surface area (Å²) in [4.78, 5) is 28.4. The zero-order valence-corrected chi connectivity index (χ0v) is 23.1. The molecular weight excluding hydrogens is 555 g/mol. The zero-order valence-electron chi connectivity index (χ0n) is 22.3. The van der Waals surface area contributed by atoms with Gasteiger partial charge < -0.3 is 14.4 Å². The molecule has 1 fully saturated rings. The lowest BCUT2D eigenvalue weighted by Gasteiger charge is -2.38. The fourth-order valence-corrected chi connectivity index (χ4v) is 5.67. The van der Waals surface area contributed by atoms with Gasteiger partial charge in [0, 0.05) is 38.1 Å². The molecule has 220 valence electrons. The fraction of sp³-hybridized carbons (Fsp3) is 0.462. The highest BCUT2D eigenvalue weighted by molar-refractivity contribution is 7.91. The number of carbonyl (C=O) groups is 2. The minimum Gasteiger partial charge on any atom is -0.457 e. The molecule has 3 rings (SSSR count). The second kappa shape index (κ2) is 12.4. The number of amides is 2. The Morgan fingerprint density at radius 3 is 1.90 bits per heavy atom. The Hall–Kier alpha value is -3.36. The van der Waals surface area contributed by atoms with Gasteiger partial charge in [0.15, 0.2) is 9.84 Å². The van der Waals surface area contributed by atoms with Crippen LogP contribution in [0.1, 0.15) is 20.8 Å². The van der Waals surface area contributed by atoms with E-state index in [9.17, 15) is 36.4 Å². The molecule has 2 aromatic carbocycles. The van der Waals surface area contributed by atoms with Crippen LogP contribution in [-0.2, 0) is 19.4 Å². The normalized spacial score (nSPS) is 15.8. The Kier molecular flexibility index (Phi) is 9.69. The van der Waals surface area contributed by atoms with Crippen molar-refractivity contribution in [3.05, 3.63) is 48.5 Å². The number of hydroxylamine groups is 1. The number of piperazine rings is 1. The number of alkyl halides is 3. The van der Waals surface area contributed by atoms with Crippen LogP contribution in [-0.4, -0.2) is 80.1 Å². The first-order chi connectivity index (χ1) is 18.6. The molecule has 2 aromatic rings. The maximum absolute atomic E-state index is 13.1. The van der Waals surface area contributed by atoms with Crippen LogP contribution in [0.5, 0.6) is 17.2 Å². The molecule has 14 heteroatoms. The van der Waals surface area contributed by atoms with Gasteiger partial charge in [0.2, 0.25) is 11.8 Å². The summed E-state index contributed by atoms with van der Waals surface area (Å²) in [6.45, 7) is 7.35. The van der Waals surface area contributed by atoms with E-state index in [2.05, 4.69) is 4.74 Å². The van der Waals surface area contributed by atoms with Crippen molar-refractivity contribution in [3.63, 3.8) is 0 Å². The minimum absolute atomic E-state index is 0.0132. The Bertz CT molecular complexity index is 1270. The third-order valence-electron chi connectivity index (χ3n) is 6.16. The quantitative estimate of drug-likeness (QED) is 0.338. The maximum atomic E-state index is 13.1. The van der Waals surface area contributed by atoms with Crippen LogP contribution in [0.25, 0.3) is 0 Å². The van der Waals surface area contributed by atoms with Crippen molar-refractivity contribution in [1.82, 2.24) is 15.3 Å². The summed E-state index contributed by atoms with van der Waals surface area (Å²) in [5.41, 5.74) is 1.02. The summed E-state index contributed by atoms with van der Waals surface area (Å²) < 4.78 is 72.5. The van der Waals surface area contributed by atoms with Gasteiger partial charge in [-0.15, -0.1) is 13.2 Å². The van der Waals surface area contributed by atoms with E-state index in [-0.39, 0.29) is 28.8 Å². The number of hydrogen-bond acceptors (Lipinski definition) is 8. The minimum atomic E-state index is -4.82. The first kappa shape index (κ1) is 31.2. The standard InChI is InChI=1S/C26H32F3N3O7S/c1-25(2,3)24(34)32-14-12-31(13-15-32)16-18(23(33)30-35)17-40(36,37)22-10-8-20(9-11-22)38-19-4-6-21(7-5-19)39-26(27,28)29/h4-11,18,35H,12-17H2,1-3H3,(H,30,33). The molecule has 0 aromatic heterocycles. The molecule has 1 aliphatic heterocycles. The Morgan fingerprint density at radius 1 is 0.925 bits per heavy atom. The van der Waals surface area contributed by atoms with Gasteiger partial charge in [0.25, 0.3) is 0 Å². The number of carbonyl (C=O) groups excluding carboxylic acids is 2. The van der Waals surface area contributed by atoms with Crippen molar-refractivity contribution in [3.8, 4) is 17.2 Å². The number of ether oxygens (including phenoxy) is 2. The Morgan fingerprint density at radius 2 is 1.43 bits per heavy atom. The van der Waals surface area contributed by atoms with Gasteiger partial charge in [-0.1, -0.05) is 20.8 Å². The molecule has 1 heterocycles. The van der Waals surface area contributed by atoms with Crippen LogP contribution in [0, 0.1) is 11.3 Å².